The topological polar surface area (TPSA) is 81.0 Å². The number of nitrogens with one attached hydrogen (secondary N) is 1. The molecule has 0 bridgehead atoms. The van der Waals surface area contributed by atoms with Gasteiger partial charge in [-0.2, -0.15) is 0 Å². The van der Waals surface area contributed by atoms with Gasteiger partial charge in [-0.25, -0.2) is 9.97 Å². The molecule has 0 radical (unpaired) electrons. The smallest absolute Gasteiger partial charge is 0.269 e. The van der Waals surface area contributed by atoms with Crippen molar-refractivity contribution in [2.45, 2.75) is 17.5 Å². The van der Waals surface area contributed by atoms with E-state index >= 15 is 0 Å². The van der Waals surface area contributed by atoms with Crippen LogP contribution in [0, 0.1) is 10.1 Å². The van der Waals surface area contributed by atoms with E-state index in [1.54, 1.807) is 12.1 Å². The SMILES string of the molecule is O=[N+]([O-])c1ccc(CSc2nc(NCc3ccc(Cl)cc3)c3ccccc3n2)cc1. The third-order valence-electron chi connectivity index (χ3n) is 4.47. The van der Waals surface area contributed by atoms with Crippen molar-refractivity contribution in [2.24, 2.45) is 0 Å². The van der Waals surface area contributed by atoms with E-state index in [4.69, 9.17) is 16.6 Å². The molecule has 1 heterocycles. The number of hydrogen-bond donors (Lipinski definition) is 1. The second kappa shape index (κ2) is 9.11. The molecule has 0 aliphatic heterocycles. The molecule has 0 aliphatic rings. The van der Waals surface area contributed by atoms with Gasteiger partial charge in [-0.05, 0) is 35.4 Å². The number of non-ortho nitro benzene ring substituents is 1. The minimum absolute atomic E-state index is 0.0828. The van der Waals surface area contributed by atoms with E-state index in [9.17, 15) is 10.1 Å². The second-order valence-corrected chi connectivity index (χ2v) is 7.94. The summed E-state index contributed by atoms with van der Waals surface area (Å²) in [6.07, 6.45) is 0. The summed E-state index contributed by atoms with van der Waals surface area (Å²) in [6, 6.07) is 22.1. The summed E-state index contributed by atoms with van der Waals surface area (Å²) < 4.78 is 0. The number of para-hydroxylation sites is 1. The first-order valence-corrected chi connectivity index (χ1v) is 10.6. The predicted octanol–water partition coefficient (Wildman–Crippen LogP) is 6.10. The molecular weight excluding hydrogens is 420 g/mol. The number of anilines is 1. The van der Waals surface area contributed by atoms with Gasteiger partial charge in [-0.3, -0.25) is 10.1 Å². The number of hydrogen-bond acceptors (Lipinski definition) is 6. The number of fused-ring (bicyclic) bond motifs is 1. The van der Waals surface area contributed by atoms with Crippen molar-refractivity contribution < 1.29 is 4.92 Å². The summed E-state index contributed by atoms with van der Waals surface area (Å²) in [6.45, 7) is 0.616. The summed E-state index contributed by atoms with van der Waals surface area (Å²) in [5.41, 5.74) is 3.01. The highest BCUT2D eigenvalue weighted by Crippen LogP contribution is 2.27. The van der Waals surface area contributed by atoms with Crippen molar-refractivity contribution in [1.82, 2.24) is 9.97 Å². The Morgan fingerprint density at radius 3 is 2.37 bits per heavy atom. The number of aromatic nitrogens is 2. The second-order valence-electron chi connectivity index (χ2n) is 6.56. The highest BCUT2D eigenvalue weighted by atomic mass is 35.5. The fourth-order valence-electron chi connectivity index (χ4n) is 2.90. The van der Waals surface area contributed by atoms with Gasteiger partial charge in [0.1, 0.15) is 5.82 Å². The van der Waals surface area contributed by atoms with E-state index in [0.717, 1.165) is 27.8 Å². The third kappa shape index (κ3) is 4.87. The molecule has 4 rings (SSSR count). The van der Waals surface area contributed by atoms with Gasteiger partial charge in [0.05, 0.1) is 10.4 Å². The third-order valence-corrected chi connectivity index (χ3v) is 5.64. The van der Waals surface area contributed by atoms with E-state index in [-0.39, 0.29) is 5.69 Å². The number of thioether (sulfide) groups is 1. The van der Waals surface area contributed by atoms with E-state index in [2.05, 4.69) is 10.3 Å². The Bertz CT molecular complexity index is 1180. The first kappa shape index (κ1) is 20.1. The standard InChI is InChI=1S/C22H17ClN4O2S/c23-17-9-5-15(6-10-17)13-24-21-19-3-1-2-4-20(19)25-22(26-21)30-14-16-7-11-18(12-8-16)27(28)29/h1-12H,13-14H2,(H,24,25,26). The average molecular weight is 437 g/mol. The Morgan fingerprint density at radius 1 is 0.933 bits per heavy atom. The monoisotopic (exact) mass is 436 g/mol. The molecule has 0 fully saturated rings. The molecule has 30 heavy (non-hydrogen) atoms. The highest BCUT2D eigenvalue weighted by Gasteiger charge is 2.09. The molecule has 0 amide bonds. The lowest BCUT2D eigenvalue weighted by atomic mass is 10.2. The fourth-order valence-corrected chi connectivity index (χ4v) is 3.84. The molecular formula is C22H17ClN4O2S. The average Bonchev–Trinajstić information content (AvgIpc) is 2.77. The molecule has 1 N–H and O–H groups in total. The minimum Gasteiger partial charge on any atom is -0.365 e. The van der Waals surface area contributed by atoms with Gasteiger partial charge in [0, 0.05) is 34.8 Å². The van der Waals surface area contributed by atoms with Crippen molar-refractivity contribution in [3.63, 3.8) is 0 Å². The zero-order valence-electron chi connectivity index (χ0n) is 15.8. The van der Waals surface area contributed by atoms with Crippen LogP contribution in [-0.2, 0) is 12.3 Å². The van der Waals surface area contributed by atoms with Gasteiger partial charge in [0.15, 0.2) is 5.16 Å². The molecule has 0 unspecified atom stereocenters. The zero-order chi connectivity index (χ0) is 20.9. The lowest BCUT2D eigenvalue weighted by Gasteiger charge is -2.11. The summed E-state index contributed by atoms with van der Waals surface area (Å²) in [7, 11) is 0. The van der Waals surface area contributed by atoms with Crippen LogP contribution in [0.1, 0.15) is 11.1 Å². The van der Waals surface area contributed by atoms with Gasteiger partial charge in [0.2, 0.25) is 0 Å². The Morgan fingerprint density at radius 2 is 1.63 bits per heavy atom. The minimum atomic E-state index is -0.401. The molecule has 8 heteroatoms. The van der Waals surface area contributed by atoms with Gasteiger partial charge in [-0.1, -0.05) is 59.8 Å². The number of benzene rings is 3. The normalized spacial score (nSPS) is 10.8. The molecule has 0 saturated carbocycles. The summed E-state index contributed by atoms with van der Waals surface area (Å²) in [4.78, 5) is 19.8. The van der Waals surface area contributed by atoms with Gasteiger partial charge >= 0.3 is 0 Å². The number of nitrogens with zero attached hydrogens (tertiary/aromatic N) is 3. The number of nitro benzene ring substituents is 1. The van der Waals surface area contributed by atoms with Crippen molar-refractivity contribution in [2.75, 3.05) is 5.32 Å². The summed E-state index contributed by atoms with van der Waals surface area (Å²) in [5, 5.41) is 16.5. The maximum absolute atomic E-state index is 10.8. The van der Waals surface area contributed by atoms with E-state index in [1.807, 2.05) is 48.5 Å². The molecule has 3 aromatic carbocycles. The molecule has 4 aromatic rings. The lowest BCUT2D eigenvalue weighted by Crippen LogP contribution is -2.04. The first-order valence-electron chi connectivity index (χ1n) is 9.20. The van der Waals surface area contributed by atoms with Crippen molar-refractivity contribution in [1.29, 1.82) is 0 Å². The lowest BCUT2D eigenvalue weighted by molar-refractivity contribution is -0.384. The molecule has 0 atom stereocenters. The number of nitro groups is 1. The summed E-state index contributed by atoms with van der Waals surface area (Å²) >= 11 is 7.45. The largest absolute Gasteiger partial charge is 0.365 e. The first-order chi connectivity index (χ1) is 14.6. The molecule has 0 saturated heterocycles. The van der Waals surface area contributed by atoms with E-state index in [1.165, 1.54) is 23.9 Å². The van der Waals surface area contributed by atoms with Crippen LogP contribution in [0.25, 0.3) is 10.9 Å². The molecule has 0 aliphatic carbocycles. The van der Waals surface area contributed by atoms with Crippen molar-refractivity contribution >= 4 is 45.8 Å². The van der Waals surface area contributed by atoms with Crippen LogP contribution < -0.4 is 5.32 Å². The Balaban J connectivity index is 1.53. The van der Waals surface area contributed by atoms with E-state index in [0.29, 0.717) is 22.5 Å². The maximum Gasteiger partial charge on any atom is 0.269 e. The molecule has 150 valence electrons. The van der Waals surface area contributed by atoms with Crippen LogP contribution in [0.15, 0.2) is 78.0 Å². The van der Waals surface area contributed by atoms with Crippen LogP contribution in [0.2, 0.25) is 5.02 Å². The van der Waals surface area contributed by atoms with Crippen LogP contribution in [0.4, 0.5) is 11.5 Å². The predicted molar refractivity (Wildman–Crippen MR) is 121 cm³/mol. The van der Waals surface area contributed by atoms with Crippen molar-refractivity contribution in [3.05, 3.63) is 99.1 Å². The molecule has 1 aromatic heterocycles. The molecule has 0 spiro atoms. The Hall–Kier alpha value is -3.16. The van der Waals surface area contributed by atoms with Gasteiger partial charge < -0.3 is 5.32 Å². The number of halogens is 1. The maximum atomic E-state index is 10.8. The van der Waals surface area contributed by atoms with Crippen LogP contribution >= 0.6 is 23.4 Å². The van der Waals surface area contributed by atoms with Crippen LogP contribution in [0.3, 0.4) is 0 Å². The Labute approximate surface area is 182 Å². The zero-order valence-corrected chi connectivity index (χ0v) is 17.4. The number of rotatable bonds is 7. The van der Waals surface area contributed by atoms with Crippen molar-refractivity contribution in [3.8, 4) is 0 Å². The quantitative estimate of drug-likeness (QED) is 0.163. The Kier molecular flexibility index (Phi) is 6.11. The summed E-state index contributed by atoms with van der Waals surface area (Å²) in [5.74, 6) is 1.38. The fraction of sp³-hybridized carbons (Fsp3) is 0.0909. The molecule has 6 nitrogen and oxygen atoms in total. The van der Waals surface area contributed by atoms with E-state index < -0.39 is 4.92 Å². The van der Waals surface area contributed by atoms with Crippen LogP contribution in [0.5, 0.6) is 0 Å². The van der Waals surface area contributed by atoms with Gasteiger partial charge in [0.25, 0.3) is 5.69 Å². The van der Waals surface area contributed by atoms with Crippen LogP contribution in [-0.4, -0.2) is 14.9 Å². The van der Waals surface area contributed by atoms with Gasteiger partial charge in [-0.15, -0.1) is 0 Å². The highest BCUT2D eigenvalue weighted by molar-refractivity contribution is 7.98.